The molecular formula is C21H32N4O3. The molecule has 0 aromatic carbocycles. The predicted octanol–water partition coefficient (Wildman–Crippen LogP) is 2.44. The van der Waals surface area contributed by atoms with Gasteiger partial charge in [0, 0.05) is 42.6 Å². The van der Waals surface area contributed by atoms with Crippen LogP contribution < -0.4 is 10.6 Å². The largest absolute Gasteiger partial charge is 0.360 e. The van der Waals surface area contributed by atoms with Gasteiger partial charge in [-0.3, -0.25) is 9.59 Å². The number of carbonyl (C=O) groups excluding carboxylic acids is 2. The average molecular weight is 389 g/mol. The fourth-order valence-electron chi connectivity index (χ4n) is 4.71. The minimum atomic E-state index is -0.169. The summed E-state index contributed by atoms with van der Waals surface area (Å²) < 4.78 is 5.28. The maximum atomic E-state index is 13.0. The summed E-state index contributed by atoms with van der Waals surface area (Å²) in [6.07, 6.45) is 7.93. The molecule has 1 aromatic rings. The number of hydrogen-bond acceptors (Lipinski definition) is 5. The maximum Gasteiger partial charge on any atom is 0.273 e. The number of rotatable bonds is 5. The molecular weight excluding hydrogens is 356 g/mol. The third kappa shape index (κ3) is 4.24. The van der Waals surface area contributed by atoms with Crippen LogP contribution in [0, 0.1) is 5.92 Å². The minimum absolute atomic E-state index is 0.0765. The van der Waals surface area contributed by atoms with Crippen LogP contribution in [0.1, 0.15) is 80.5 Å². The molecule has 7 nitrogen and oxygen atoms in total. The lowest BCUT2D eigenvalue weighted by Crippen LogP contribution is -2.52. The zero-order valence-electron chi connectivity index (χ0n) is 16.9. The zero-order valence-corrected chi connectivity index (χ0v) is 16.9. The highest BCUT2D eigenvalue weighted by Gasteiger charge is 2.35. The maximum absolute atomic E-state index is 13.0. The van der Waals surface area contributed by atoms with Gasteiger partial charge in [-0.05, 0) is 65.3 Å². The van der Waals surface area contributed by atoms with Crippen molar-refractivity contribution >= 4 is 11.8 Å². The first kappa shape index (κ1) is 19.4. The Bertz CT molecular complexity index is 706. The minimum Gasteiger partial charge on any atom is -0.360 e. The lowest BCUT2D eigenvalue weighted by Gasteiger charge is -2.40. The first-order valence-corrected chi connectivity index (χ1v) is 10.8. The molecule has 0 spiro atoms. The second kappa shape index (κ2) is 8.23. The van der Waals surface area contributed by atoms with Gasteiger partial charge in [0.25, 0.3) is 5.91 Å². The van der Waals surface area contributed by atoms with Gasteiger partial charge in [0.15, 0.2) is 5.69 Å². The number of likely N-dealkylation sites (tertiary alicyclic amines) is 1. The van der Waals surface area contributed by atoms with Crippen LogP contribution >= 0.6 is 0 Å². The highest BCUT2D eigenvalue weighted by atomic mass is 16.5. The van der Waals surface area contributed by atoms with E-state index < -0.39 is 0 Å². The van der Waals surface area contributed by atoms with Gasteiger partial charge in [-0.2, -0.15) is 0 Å². The van der Waals surface area contributed by atoms with E-state index >= 15 is 0 Å². The Hall–Kier alpha value is -1.89. The van der Waals surface area contributed by atoms with Gasteiger partial charge in [-0.15, -0.1) is 0 Å². The van der Waals surface area contributed by atoms with Crippen molar-refractivity contribution in [3.63, 3.8) is 0 Å². The van der Waals surface area contributed by atoms with E-state index in [9.17, 15) is 9.59 Å². The Morgan fingerprint density at radius 2 is 1.86 bits per heavy atom. The molecule has 0 radical (unpaired) electrons. The Balaban J connectivity index is 1.27. The van der Waals surface area contributed by atoms with Crippen LogP contribution in [-0.4, -0.2) is 53.6 Å². The van der Waals surface area contributed by atoms with Crippen molar-refractivity contribution in [2.24, 2.45) is 5.92 Å². The normalized spacial score (nSPS) is 30.9. The van der Waals surface area contributed by atoms with Crippen LogP contribution in [-0.2, 0) is 4.79 Å². The molecule has 4 rings (SSSR count). The van der Waals surface area contributed by atoms with Gasteiger partial charge in [0.2, 0.25) is 5.91 Å². The van der Waals surface area contributed by atoms with Gasteiger partial charge in [0.1, 0.15) is 5.76 Å². The van der Waals surface area contributed by atoms with Gasteiger partial charge in [0.05, 0.1) is 0 Å². The first-order valence-electron chi connectivity index (χ1n) is 10.8. The fraction of sp³-hybridized carbons (Fsp3) is 0.762. The Labute approximate surface area is 166 Å². The van der Waals surface area contributed by atoms with Gasteiger partial charge in [-0.1, -0.05) is 5.16 Å². The van der Waals surface area contributed by atoms with Crippen LogP contribution in [0.15, 0.2) is 10.6 Å². The van der Waals surface area contributed by atoms with Crippen molar-refractivity contribution in [2.45, 2.75) is 82.3 Å². The molecule has 2 aliphatic carbocycles. The fourth-order valence-corrected chi connectivity index (χ4v) is 4.71. The highest BCUT2D eigenvalue weighted by Crippen LogP contribution is 2.40. The lowest BCUT2D eigenvalue weighted by molar-refractivity contribution is -0.140. The molecule has 1 aromatic heterocycles. The van der Waals surface area contributed by atoms with E-state index in [1.165, 1.54) is 0 Å². The molecule has 2 saturated carbocycles. The summed E-state index contributed by atoms with van der Waals surface area (Å²) in [4.78, 5) is 27.5. The molecule has 7 heteroatoms. The number of carbonyl (C=O) groups is 2. The second-order valence-corrected chi connectivity index (χ2v) is 8.80. The van der Waals surface area contributed by atoms with Crippen molar-refractivity contribution in [1.82, 2.24) is 20.7 Å². The number of nitrogens with zero attached hydrogens (tertiary/aromatic N) is 2. The molecule has 2 amide bonds. The van der Waals surface area contributed by atoms with Gasteiger partial charge >= 0.3 is 0 Å². The number of amides is 2. The monoisotopic (exact) mass is 388 g/mol. The van der Waals surface area contributed by atoms with Crippen LogP contribution in [0.4, 0.5) is 0 Å². The highest BCUT2D eigenvalue weighted by molar-refractivity contribution is 5.92. The van der Waals surface area contributed by atoms with E-state index in [4.69, 9.17) is 4.52 Å². The number of piperidine rings is 1. The Kier molecular flexibility index (Phi) is 5.71. The van der Waals surface area contributed by atoms with E-state index in [2.05, 4.69) is 22.7 Å². The molecule has 3 aliphatic rings. The third-order valence-corrected chi connectivity index (χ3v) is 6.72. The average Bonchev–Trinajstić information content (AvgIpc) is 3.44. The molecule has 28 heavy (non-hydrogen) atoms. The first-order chi connectivity index (χ1) is 13.5. The quantitative estimate of drug-likeness (QED) is 0.809. The van der Waals surface area contributed by atoms with Gasteiger partial charge in [-0.25, -0.2) is 0 Å². The van der Waals surface area contributed by atoms with Crippen LogP contribution in [0.3, 0.4) is 0 Å². The molecule has 1 unspecified atom stereocenters. The van der Waals surface area contributed by atoms with Gasteiger partial charge < -0.3 is 20.1 Å². The van der Waals surface area contributed by atoms with Crippen LogP contribution in [0.2, 0.25) is 0 Å². The second-order valence-electron chi connectivity index (χ2n) is 8.80. The summed E-state index contributed by atoms with van der Waals surface area (Å²) in [5, 5.41) is 10.3. The summed E-state index contributed by atoms with van der Waals surface area (Å²) in [6, 6.07) is 2.55. The molecule has 154 valence electrons. The van der Waals surface area contributed by atoms with Crippen molar-refractivity contribution in [2.75, 3.05) is 13.6 Å². The van der Waals surface area contributed by atoms with E-state index in [1.807, 2.05) is 11.9 Å². The summed E-state index contributed by atoms with van der Waals surface area (Å²) in [5.41, 5.74) is 0.370. The third-order valence-electron chi connectivity index (χ3n) is 6.72. The summed E-state index contributed by atoms with van der Waals surface area (Å²) in [5.74, 6) is 1.57. The summed E-state index contributed by atoms with van der Waals surface area (Å²) in [7, 11) is 2.00. The lowest BCUT2D eigenvalue weighted by atomic mass is 9.84. The number of aromatic nitrogens is 1. The molecule has 0 bridgehead atoms. The molecule has 1 aliphatic heterocycles. The standard InChI is InChI=1S/C21H32N4O3/c1-13-11-17(23-20(26)18-12-19(28-24-18)14-3-4-14)9-10-25(13)21(27)15-5-7-16(22-2)8-6-15/h12-17,22H,3-11H2,1-2H3,(H,23,26)/t13-,15?,16?,17?/m1/s1. The van der Waals surface area contributed by atoms with Crippen molar-refractivity contribution in [3.8, 4) is 0 Å². The van der Waals surface area contributed by atoms with Crippen LogP contribution in [0.5, 0.6) is 0 Å². The molecule has 3 fully saturated rings. The Morgan fingerprint density at radius 3 is 2.50 bits per heavy atom. The zero-order chi connectivity index (χ0) is 19.7. The number of nitrogens with one attached hydrogen (secondary N) is 2. The van der Waals surface area contributed by atoms with Crippen molar-refractivity contribution in [3.05, 3.63) is 17.5 Å². The molecule has 2 atom stereocenters. The molecule has 2 N–H and O–H groups in total. The summed E-state index contributed by atoms with van der Waals surface area (Å²) >= 11 is 0. The van der Waals surface area contributed by atoms with E-state index in [0.29, 0.717) is 30.1 Å². The van der Waals surface area contributed by atoms with Crippen molar-refractivity contribution in [1.29, 1.82) is 0 Å². The predicted molar refractivity (Wildman–Crippen MR) is 105 cm³/mol. The van der Waals surface area contributed by atoms with E-state index in [1.54, 1.807) is 6.07 Å². The van der Waals surface area contributed by atoms with Crippen molar-refractivity contribution < 1.29 is 14.1 Å². The SMILES string of the molecule is CNC1CCC(C(=O)N2CCC(NC(=O)c3cc(C4CC4)on3)C[C@H]2C)CC1. The molecule has 1 saturated heterocycles. The summed E-state index contributed by atoms with van der Waals surface area (Å²) in [6.45, 7) is 2.81. The van der Waals surface area contributed by atoms with E-state index in [0.717, 1.165) is 57.1 Å². The smallest absolute Gasteiger partial charge is 0.273 e. The molecule has 2 heterocycles. The number of hydrogen-bond donors (Lipinski definition) is 2. The topological polar surface area (TPSA) is 87.5 Å². The van der Waals surface area contributed by atoms with Crippen LogP contribution in [0.25, 0.3) is 0 Å². The Morgan fingerprint density at radius 1 is 1.11 bits per heavy atom. The van der Waals surface area contributed by atoms with E-state index in [-0.39, 0.29) is 23.9 Å².